The molecule has 3 aliphatic carbocycles. The number of fused-ring (bicyclic) bond motifs is 5. The minimum absolute atomic E-state index is 0.126. The number of aliphatic hydroxyl groups is 1. The molecular weight excluding hydrogens is 465 g/mol. The van der Waals surface area contributed by atoms with E-state index >= 15 is 4.39 Å². The van der Waals surface area contributed by atoms with Crippen molar-refractivity contribution in [2.45, 2.75) is 122 Å². The molecule has 7 atom stereocenters. The number of aromatic hydroxyl groups is 1. The highest BCUT2D eigenvalue weighted by Crippen LogP contribution is 2.63. The smallest absolute Gasteiger partial charge is 0.222 e. The predicted molar refractivity (Wildman–Crippen MR) is 147 cm³/mol. The molecule has 1 aromatic carbocycles. The number of phenols is 1. The van der Waals surface area contributed by atoms with Crippen molar-refractivity contribution in [2.24, 2.45) is 23.2 Å². The number of hydrogen-bond donors (Lipinski definition) is 2. The van der Waals surface area contributed by atoms with E-state index in [9.17, 15) is 15.0 Å². The molecule has 0 heterocycles. The summed E-state index contributed by atoms with van der Waals surface area (Å²) in [7, 11) is 0. The number of halogens is 1. The van der Waals surface area contributed by atoms with Gasteiger partial charge in [0, 0.05) is 25.4 Å². The zero-order chi connectivity index (χ0) is 26.6. The van der Waals surface area contributed by atoms with E-state index in [4.69, 9.17) is 0 Å². The number of carbonyl (C=O) groups excluding carboxylic acids is 1. The van der Waals surface area contributed by atoms with Crippen molar-refractivity contribution in [3.05, 3.63) is 29.3 Å². The normalized spacial score (nSPS) is 32.5. The van der Waals surface area contributed by atoms with Crippen LogP contribution in [0.2, 0.25) is 0 Å². The zero-order valence-corrected chi connectivity index (χ0v) is 23.4. The Bertz CT molecular complexity index is 906. The Balaban J connectivity index is 1.40. The molecule has 2 saturated carbocycles. The van der Waals surface area contributed by atoms with E-state index in [2.05, 4.69) is 18.7 Å². The molecule has 0 aromatic heterocycles. The zero-order valence-electron chi connectivity index (χ0n) is 23.4. The molecule has 0 saturated heterocycles. The highest BCUT2D eigenvalue weighted by atomic mass is 19.1. The monoisotopic (exact) mass is 515 g/mol. The van der Waals surface area contributed by atoms with Gasteiger partial charge < -0.3 is 15.1 Å². The van der Waals surface area contributed by atoms with Gasteiger partial charge in [0.2, 0.25) is 5.91 Å². The highest BCUT2D eigenvalue weighted by Gasteiger charge is 2.59. The van der Waals surface area contributed by atoms with E-state index in [1.54, 1.807) is 6.07 Å². The van der Waals surface area contributed by atoms with Crippen molar-refractivity contribution in [1.29, 1.82) is 0 Å². The number of hydrogen-bond acceptors (Lipinski definition) is 3. The molecule has 0 radical (unpaired) electrons. The van der Waals surface area contributed by atoms with Crippen LogP contribution in [0.1, 0.15) is 115 Å². The van der Waals surface area contributed by atoms with E-state index in [1.165, 1.54) is 19.3 Å². The average Bonchev–Trinajstić information content (AvgIpc) is 3.17. The quantitative estimate of drug-likeness (QED) is 0.290. The van der Waals surface area contributed by atoms with Gasteiger partial charge in [-0.05, 0) is 91.4 Å². The summed E-state index contributed by atoms with van der Waals surface area (Å²) < 4.78 is 15.9. The molecule has 1 aromatic rings. The van der Waals surface area contributed by atoms with Gasteiger partial charge in [-0.25, -0.2) is 4.39 Å². The minimum atomic E-state index is -0.952. The molecule has 0 spiro atoms. The number of aliphatic hydroxyl groups excluding tert-OH is 1. The Kier molecular flexibility index (Phi) is 9.58. The fourth-order valence-electron chi connectivity index (χ4n) is 8.23. The number of alkyl halides is 1. The van der Waals surface area contributed by atoms with Gasteiger partial charge in [0.25, 0.3) is 0 Å². The molecule has 6 unspecified atom stereocenters. The van der Waals surface area contributed by atoms with E-state index < -0.39 is 12.3 Å². The predicted octanol–water partition coefficient (Wildman–Crippen LogP) is 7.16. The molecular formula is C32H50FNO3. The van der Waals surface area contributed by atoms with Crippen LogP contribution in [-0.2, 0) is 11.2 Å². The summed E-state index contributed by atoms with van der Waals surface area (Å²) >= 11 is 0. The van der Waals surface area contributed by atoms with Crippen LogP contribution in [-0.4, -0.2) is 46.4 Å². The van der Waals surface area contributed by atoms with Crippen LogP contribution < -0.4 is 0 Å². The summed E-state index contributed by atoms with van der Waals surface area (Å²) in [5.41, 5.74) is 1.88. The Morgan fingerprint density at radius 1 is 1.08 bits per heavy atom. The summed E-state index contributed by atoms with van der Waals surface area (Å²) in [6, 6.07) is 5.53. The van der Waals surface area contributed by atoms with E-state index in [0.29, 0.717) is 24.7 Å². The van der Waals surface area contributed by atoms with Gasteiger partial charge in [0.15, 0.2) is 0 Å². The van der Waals surface area contributed by atoms with Crippen molar-refractivity contribution in [3.8, 4) is 5.75 Å². The van der Waals surface area contributed by atoms with Gasteiger partial charge in [-0.3, -0.25) is 4.79 Å². The first-order chi connectivity index (χ1) is 17.8. The lowest BCUT2D eigenvalue weighted by Crippen LogP contribution is -2.51. The Labute approximate surface area is 224 Å². The Morgan fingerprint density at radius 3 is 2.51 bits per heavy atom. The number of unbranched alkanes of at least 4 members (excludes halogenated alkanes) is 5. The number of rotatable bonds is 12. The molecule has 208 valence electrons. The fourth-order valence-corrected chi connectivity index (χ4v) is 8.23. The van der Waals surface area contributed by atoms with Gasteiger partial charge in [0.1, 0.15) is 11.9 Å². The van der Waals surface area contributed by atoms with Crippen LogP contribution in [0, 0.1) is 23.2 Å². The van der Waals surface area contributed by atoms with Gasteiger partial charge in [-0.2, -0.15) is 0 Å². The maximum absolute atomic E-state index is 15.9. The molecule has 1 amide bonds. The van der Waals surface area contributed by atoms with Gasteiger partial charge in [0.05, 0.1) is 6.10 Å². The molecule has 4 nitrogen and oxygen atoms in total. The number of phenolic OH excluding ortho intramolecular Hbond substituents is 1. The first kappa shape index (κ1) is 28.4. The molecule has 0 bridgehead atoms. The molecule has 4 rings (SSSR count). The van der Waals surface area contributed by atoms with Crippen molar-refractivity contribution >= 4 is 5.91 Å². The second-order valence-corrected chi connectivity index (χ2v) is 12.5. The average molecular weight is 516 g/mol. The molecule has 0 aliphatic heterocycles. The summed E-state index contributed by atoms with van der Waals surface area (Å²) in [6.45, 7) is 8.00. The van der Waals surface area contributed by atoms with Crippen LogP contribution >= 0.6 is 0 Å². The molecule has 3 aliphatic rings. The van der Waals surface area contributed by atoms with Crippen LogP contribution in [0.4, 0.5) is 4.39 Å². The first-order valence-electron chi connectivity index (χ1n) is 15.2. The van der Waals surface area contributed by atoms with E-state index in [1.807, 2.05) is 19.1 Å². The first-order valence-corrected chi connectivity index (χ1v) is 15.2. The maximum atomic E-state index is 15.9. The van der Waals surface area contributed by atoms with Gasteiger partial charge in [-0.15, -0.1) is 0 Å². The Hall–Kier alpha value is -1.62. The topological polar surface area (TPSA) is 60.8 Å². The van der Waals surface area contributed by atoms with E-state index in [0.717, 1.165) is 75.6 Å². The lowest BCUT2D eigenvalue weighted by Gasteiger charge is -2.54. The summed E-state index contributed by atoms with van der Waals surface area (Å²) in [4.78, 5) is 14.5. The third kappa shape index (κ3) is 6.02. The highest BCUT2D eigenvalue weighted by molar-refractivity contribution is 5.75. The van der Waals surface area contributed by atoms with Crippen LogP contribution in [0.5, 0.6) is 5.75 Å². The van der Waals surface area contributed by atoms with E-state index in [-0.39, 0.29) is 28.9 Å². The largest absolute Gasteiger partial charge is 0.508 e. The van der Waals surface area contributed by atoms with Crippen molar-refractivity contribution in [2.75, 3.05) is 13.1 Å². The van der Waals surface area contributed by atoms with Crippen molar-refractivity contribution in [3.63, 3.8) is 0 Å². The lowest BCUT2D eigenvalue weighted by atomic mass is 9.51. The standard InChI is InChI=1S/C32H50FNO3/c1-4-6-7-10-17-34(29(37)5-2)18-11-8-9-12-22-19-23-20-24(35)13-14-25(23)31-27(33)21-32(3)26(30(22)31)15-16-28(32)36/h13-14,20,22,26-28,30-31,35-36H,4-12,15-19,21H2,1-3H3/t22?,26?,27?,28?,30?,31?,32-/m0/s1. The number of benzene rings is 1. The number of nitrogens with zero attached hydrogens (tertiary/aromatic N) is 1. The van der Waals surface area contributed by atoms with Crippen LogP contribution in [0.25, 0.3) is 0 Å². The van der Waals surface area contributed by atoms with Crippen LogP contribution in [0.3, 0.4) is 0 Å². The maximum Gasteiger partial charge on any atom is 0.222 e. The second-order valence-electron chi connectivity index (χ2n) is 12.5. The van der Waals surface area contributed by atoms with Gasteiger partial charge >= 0.3 is 0 Å². The van der Waals surface area contributed by atoms with Gasteiger partial charge in [-0.1, -0.05) is 58.9 Å². The van der Waals surface area contributed by atoms with Crippen molar-refractivity contribution in [1.82, 2.24) is 4.90 Å². The second kappa shape index (κ2) is 12.5. The molecule has 2 N–H and O–H groups in total. The molecule has 5 heteroatoms. The summed E-state index contributed by atoms with van der Waals surface area (Å²) in [6.07, 6.45) is 11.2. The third-order valence-corrected chi connectivity index (χ3v) is 10.2. The SMILES string of the molecule is CCCCCCN(CCCCCC1Cc2cc(O)ccc2C2C(F)C[C@]3(C)C(O)CCC3C12)C(=O)CC. The summed E-state index contributed by atoms with van der Waals surface area (Å²) in [5.74, 6) is 1.38. The fraction of sp³-hybridized carbons (Fsp3) is 0.781. The number of carbonyl (C=O) groups is 1. The Morgan fingerprint density at radius 2 is 1.81 bits per heavy atom. The molecule has 2 fully saturated rings. The number of amides is 1. The van der Waals surface area contributed by atoms with Crippen molar-refractivity contribution < 1.29 is 19.4 Å². The third-order valence-electron chi connectivity index (χ3n) is 10.2. The molecule has 37 heavy (non-hydrogen) atoms. The van der Waals surface area contributed by atoms with Crippen LogP contribution in [0.15, 0.2) is 18.2 Å². The summed E-state index contributed by atoms with van der Waals surface area (Å²) in [5, 5.41) is 21.0. The minimum Gasteiger partial charge on any atom is -0.508 e. The lowest BCUT2D eigenvalue weighted by molar-refractivity contribution is -0.131.